The summed E-state index contributed by atoms with van der Waals surface area (Å²) in [5.74, 6) is -1.09. The topological polar surface area (TPSA) is 41.1 Å². The van der Waals surface area contributed by atoms with Gasteiger partial charge >= 0.3 is 0 Å². The number of carbonyl (C=O) groups excluding carboxylic acids is 1. The first-order chi connectivity index (χ1) is 9.22. The molecule has 20 heavy (non-hydrogen) atoms. The fourth-order valence-corrected chi connectivity index (χ4v) is 1.94. The molecule has 0 radical (unpaired) electrons. The van der Waals surface area contributed by atoms with Crippen molar-refractivity contribution >= 4 is 5.91 Å². The molecule has 2 unspecified atom stereocenters. The van der Waals surface area contributed by atoms with E-state index in [9.17, 15) is 13.6 Å². The molecule has 0 aromatic heterocycles. The zero-order valence-electron chi connectivity index (χ0n) is 12.6. The minimum absolute atomic E-state index is 0.0376. The summed E-state index contributed by atoms with van der Waals surface area (Å²) in [6.07, 6.45) is 0. The Kier molecular flexibility index (Phi) is 5.62. The third-order valence-corrected chi connectivity index (χ3v) is 3.07. The SMILES string of the molecule is Cc1cc(F)c(C(C)NC(C)C(=O)NC(C)C)cc1F. The summed E-state index contributed by atoms with van der Waals surface area (Å²) in [5, 5.41) is 5.74. The number of amides is 1. The summed E-state index contributed by atoms with van der Waals surface area (Å²) in [6, 6.07) is 1.43. The van der Waals surface area contributed by atoms with Crippen LogP contribution in [0, 0.1) is 18.6 Å². The molecule has 2 N–H and O–H groups in total. The van der Waals surface area contributed by atoms with Crippen LogP contribution in [0.2, 0.25) is 0 Å². The Balaban J connectivity index is 2.78. The molecule has 3 nitrogen and oxygen atoms in total. The molecule has 1 rings (SSSR count). The number of aryl methyl sites for hydroxylation is 1. The molecule has 1 aromatic rings. The van der Waals surface area contributed by atoms with Crippen LogP contribution in [0.3, 0.4) is 0 Å². The van der Waals surface area contributed by atoms with Crippen molar-refractivity contribution in [3.8, 4) is 0 Å². The van der Waals surface area contributed by atoms with E-state index in [0.29, 0.717) is 0 Å². The number of halogens is 2. The van der Waals surface area contributed by atoms with E-state index in [0.717, 1.165) is 0 Å². The predicted octanol–water partition coefficient (Wildman–Crippen LogP) is 2.84. The molecule has 0 bridgehead atoms. The molecule has 0 aliphatic rings. The van der Waals surface area contributed by atoms with Crippen LogP contribution in [0.15, 0.2) is 12.1 Å². The lowest BCUT2D eigenvalue weighted by Gasteiger charge is -2.21. The van der Waals surface area contributed by atoms with Crippen LogP contribution < -0.4 is 10.6 Å². The van der Waals surface area contributed by atoms with Gasteiger partial charge in [0.15, 0.2) is 0 Å². The van der Waals surface area contributed by atoms with Gasteiger partial charge in [-0.15, -0.1) is 0 Å². The monoisotopic (exact) mass is 284 g/mol. The minimum atomic E-state index is -0.490. The Morgan fingerprint density at radius 2 is 1.70 bits per heavy atom. The van der Waals surface area contributed by atoms with Gasteiger partial charge in [-0.05, 0) is 52.3 Å². The van der Waals surface area contributed by atoms with Gasteiger partial charge in [0.25, 0.3) is 0 Å². The first-order valence-corrected chi connectivity index (χ1v) is 6.74. The van der Waals surface area contributed by atoms with Gasteiger partial charge in [-0.1, -0.05) is 0 Å². The van der Waals surface area contributed by atoms with Gasteiger partial charge in [0.2, 0.25) is 5.91 Å². The van der Waals surface area contributed by atoms with E-state index < -0.39 is 23.7 Å². The zero-order chi connectivity index (χ0) is 15.4. The smallest absolute Gasteiger partial charge is 0.237 e. The molecular weight excluding hydrogens is 262 g/mol. The largest absolute Gasteiger partial charge is 0.353 e. The van der Waals surface area contributed by atoms with E-state index in [4.69, 9.17) is 0 Å². The number of rotatable bonds is 5. The van der Waals surface area contributed by atoms with E-state index in [1.807, 2.05) is 13.8 Å². The average molecular weight is 284 g/mol. The van der Waals surface area contributed by atoms with Crippen LogP contribution >= 0.6 is 0 Å². The van der Waals surface area contributed by atoms with Crippen LogP contribution in [0.4, 0.5) is 8.78 Å². The van der Waals surface area contributed by atoms with Gasteiger partial charge < -0.3 is 5.32 Å². The highest BCUT2D eigenvalue weighted by atomic mass is 19.1. The van der Waals surface area contributed by atoms with Gasteiger partial charge in [0.1, 0.15) is 11.6 Å². The van der Waals surface area contributed by atoms with Crippen molar-refractivity contribution in [1.29, 1.82) is 0 Å². The Labute approximate surface area is 118 Å². The summed E-state index contributed by atoms with van der Waals surface area (Å²) in [4.78, 5) is 11.8. The number of hydrogen-bond donors (Lipinski definition) is 2. The second-order valence-corrected chi connectivity index (χ2v) is 5.40. The predicted molar refractivity (Wildman–Crippen MR) is 75.4 cm³/mol. The lowest BCUT2D eigenvalue weighted by molar-refractivity contribution is -0.123. The van der Waals surface area contributed by atoms with Crippen molar-refractivity contribution < 1.29 is 13.6 Å². The standard InChI is InChI=1S/C15H22F2N2O/c1-8(2)18-15(20)11(5)19-10(4)12-7-13(16)9(3)6-14(12)17/h6-8,10-11,19H,1-5H3,(H,18,20). The van der Waals surface area contributed by atoms with E-state index in [-0.39, 0.29) is 23.1 Å². The van der Waals surface area contributed by atoms with E-state index in [2.05, 4.69) is 10.6 Å². The summed E-state index contributed by atoms with van der Waals surface area (Å²) in [7, 11) is 0. The minimum Gasteiger partial charge on any atom is -0.353 e. The Bertz CT molecular complexity index is 489. The van der Waals surface area contributed by atoms with Crippen molar-refractivity contribution in [1.82, 2.24) is 10.6 Å². The molecular formula is C15H22F2N2O. The number of hydrogen-bond acceptors (Lipinski definition) is 2. The summed E-state index contributed by atoms with van der Waals surface area (Å²) in [6.45, 7) is 8.63. The molecule has 0 spiro atoms. The Morgan fingerprint density at radius 1 is 1.10 bits per heavy atom. The van der Waals surface area contributed by atoms with Crippen molar-refractivity contribution in [2.45, 2.75) is 52.7 Å². The van der Waals surface area contributed by atoms with Crippen LogP contribution in [0.5, 0.6) is 0 Å². The van der Waals surface area contributed by atoms with Crippen molar-refractivity contribution in [2.24, 2.45) is 0 Å². The van der Waals surface area contributed by atoms with Crippen LogP contribution in [-0.4, -0.2) is 18.0 Å². The molecule has 112 valence electrons. The number of benzene rings is 1. The van der Waals surface area contributed by atoms with E-state index in [1.165, 1.54) is 19.1 Å². The molecule has 0 heterocycles. The quantitative estimate of drug-likeness (QED) is 0.873. The third-order valence-electron chi connectivity index (χ3n) is 3.07. The van der Waals surface area contributed by atoms with E-state index in [1.54, 1.807) is 13.8 Å². The molecule has 0 aliphatic carbocycles. The Hall–Kier alpha value is -1.49. The highest BCUT2D eigenvalue weighted by molar-refractivity contribution is 5.81. The summed E-state index contributed by atoms with van der Waals surface area (Å²) >= 11 is 0. The van der Waals surface area contributed by atoms with Gasteiger partial charge in [0.05, 0.1) is 6.04 Å². The average Bonchev–Trinajstić information content (AvgIpc) is 2.32. The first kappa shape index (κ1) is 16.6. The number of carbonyl (C=O) groups is 1. The fraction of sp³-hybridized carbons (Fsp3) is 0.533. The molecule has 5 heteroatoms. The highest BCUT2D eigenvalue weighted by Gasteiger charge is 2.19. The van der Waals surface area contributed by atoms with Crippen LogP contribution in [0.25, 0.3) is 0 Å². The normalized spacial score (nSPS) is 14.2. The van der Waals surface area contributed by atoms with Crippen molar-refractivity contribution in [2.75, 3.05) is 0 Å². The van der Waals surface area contributed by atoms with Crippen LogP contribution in [-0.2, 0) is 4.79 Å². The molecule has 0 saturated heterocycles. The van der Waals surface area contributed by atoms with Crippen molar-refractivity contribution in [3.05, 3.63) is 34.9 Å². The summed E-state index contributed by atoms with van der Waals surface area (Å²) in [5.41, 5.74) is 0.487. The summed E-state index contributed by atoms with van der Waals surface area (Å²) < 4.78 is 27.3. The molecule has 0 fully saturated rings. The van der Waals surface area contributed by atoms with Gasteiger partial charge in [-0.25, -0.2) is 8.78 Å². The molecule has 1 aromatic carbocycles. The Morgan fingerprint density at radius 3 is 2.25 bits per heavy atom. The highest BCUT2D eigenvalue weighted by Crippen LogP contribution is 2.21. The van der Waals surface area contributed by atoms with Gasteiger partial charge in [-0.2, -0.15) is 0 Å². The lowest BCUT2D eigenvalue weighted by atomic mass is 10.0. The third kappa shape index (κ3) is 4.27. The number of nitrogens with one attached hydrogen (secondary N) is 2. The molecule has 0 saturated carbocycles. The first-order valence-electron chi connectivity index (χ1n) is 6.74. The second-order valence-electron chi connectivity index (χ2n) is 5.40. The lowest BCUT2D eigenvalue weighted by Crippen LogP contribution is -2.45. The van der Waals surface area contributed by atoms with Crippen molar-refractivity contribution in [3.63, 3.8) is 0 Å². The van der Waals surface area contributed by atoms with Gasteiger partial charge in [0, 0.05) is 17.6 Å². The maximum Gasteiger partial charge on any atom is 0.237 e. The zero-order valence-corrected chi connectivity index (χ0v) is 12.6. The van der Waals surface area contributed by atoms with E-state index >= 15 is 0 Å². The maximum atomic E-state index is 13.8. The second kappa shape index (κ2) is 6.79. The molecule has 2 atom stereocenters. The maximum absolute atomic E-state index is 13.8. The fourth-order valence-electron chi connectivity index (χ4n) is 1.94. The van der Waals surface area contributed by atoms with Gasteiger partial charge in [-0.3, -0.25) is 10.1 Å². The molecule has 0 aliphatic heterocycles. The van der Waals surface area contributed by atoms with Crippen LogP contribution in [0.1, 0.15) is 44.9 Å². The molecule has 1 amide bonds.